The molecule has 1 aromatic carbocycles. The molecule has 1 aliphatic heterocycles. The van der Waals surface area contributed by atoms with E-state index in [0.29, 0.717) is 6.42 Å². The summed E-state index contributed by atoms with van der Waals surface area (Å²) in [5, 5.41) is 0. The third-order valence-electron chi connectivity index (χ3n) is 2.27. The van der Waals surface area contributed by atoms with Gasteiger partial charge in [0.1, 0.15) is 5.78 Å². The van der Waals surface area contributed by atoms with Crippen molar-refractivity contribution in [2.75, 3.05) is 6.79 Å². The fourth-order valence-corrected chi connectivity index (χ4v) is 1.54. The minimum absolute atomic E-state index is 0.159. The molecule has 74 valence electrons. The van der Waals surface area contributed by atoms with E-state index in [1.54, 1.807) is 6.92 Å². The molecule has 14 heavy (non-hydrogen) atoms. The molecule has 0 radical (unpaired) electrons. The lowest BCUT2D eigenvalue weighted by Gasteiger charge is -2.05. The van der Waals surface area contributed by atoms with Crippen molar-refractivity contribution in [1.29, 1.82) is 0 Å². The molecule has 0 spiro atoms. The number of hydrogen-bond donors (Lipinski definition) is 0. The first-order valence-corrected chi connectivity index (χ1v) is 4.55. The summed E-state index contributed by atoms with van der Waals surface area (Å²) in [7, 11) is 0. The number of benzene rings is 1. The molecule has 0 atom stereocenters. The number of rotatable bonds is 2. The zero-order valence-corrected chi connectivity index (χ0v) is 8.29. The molecule has 2 rings (SSSR count). The fraction of sp³-hybridized carbons (Fsp3) is 0.364. The van der Waals surface area contributed by atoms with Crippen molar-refractivity contribution in [2.24, 2.45) is 0 Å². The summed E-state index contributed by atoms with van der Waals surface area (Å²) >= 11 is 0. The van der Waals surface area contributed by atoms with E-state index >= 15 is 0 Å². The monoisotopic (exact) mass is 192 g/mol. The highest BCUT2D eigenvalue weighted by molar-refractivity contribution is 5.78. The lowest BCUT2D eigenvalue weighted by atomic mass is 10.0. The van der Waals surface area contributed by atoms with Crippen LogP contribution in [0.3, 0.4) is 0 Å². The van der Waals surface area contributed by atoms with Crippen molar-refractivity contribution in [2.45, 2.75) is 20.3 Å². The van der Waals surface area contributed by atoms with Crippen molar-refractivity contribution in [3.05, 3.63) is 23.3 Å². The van der Waals surface area contributed by atoms with Crippen LogP contribution >= 0.6 is 0 Å². The van der Waals surface area contributed by atoms with Crippen molar-refractivity contribution in [1.82, 2.24) is 0 Å². The number of carbonyl (C=O) groups excluding carboxylic acids is 1. The summed E-state index contributed by atoms with van der Waals surface area (Å²) in [6.45, 7) is 3.84. The Hall–Kier alpha value is -1.51. The SMILES string of the molecule is CC(=O)Cc1cc2c(cc1C)OCO2. The van der Waals surface area contributed by atoms with Crippen LogP contribution in [0.4, 0.5) is 0 Å². The maximum Gasteiger partial charge on any atom is 0.231 e. The molecule has 0 N–H and O–H groups in total. The Bertz CT molecular complexity index is 382. The molecule has 0 fully saturated rings. The molecule has 1 aliphatic rings. The molecule has 0 saturated carbocycles. The van der Waals surface area contributed by atoms with Crippen LogP contribution in [0.15, 0.2) is 12.1 Å². The zero-order valence-electron chi connectivity index (χ0n) is 8.29. The Labute approximate surface area is 82.6 Å². The number of Topliss-reactive ketones (excluding diaryl/α,β-unsaturated/α-hetero) is 1. The van der Waals surface area contributed by atoms with Crippen molar-refractivity contribution in [3.8, 4) is 11.5 Å². The molecular formula is C11H12O3. The molecule has 3 heteroatoms. The highest BCUT2D eigenvalue weighted by atomic mass is 16.7. The molecular weight excluding hydrogens is 180 g/mol. The van der Waals surface area contributed by atoms with E-state index < -0.39 is 0 Å². The van der Waals surface area contributed by atoms with Gasteiger partial charge in [0.2, 0.25) is 6.79 Å². The van der Waals surface area contributed by atoms with Crippen LogP contribution in [0.5, 0.6) is 11.5 Å². The van der Waals surface area contributed by atoms with Gasteiger partial charge in [0.05, 0.1) is 0 Å². The normalized spacial score (nSPS) is 13.0. The van der Waals surface area contributed by atoms with E-state index in [0.717, 1.165) is 22.6 Å². The van der Waals surface area contributed by atoms with E-state index in [1.807, 2.05) is 19.1 Å². The second-order valence-electron chi connectivity index (χ2n) is 3.51. The molecule has 0 amide bonds. The number of hydrogen-bond acceptors (Lipinski definition) is 3. The van der Waals surface area contributed by atoms with Gasteiger partial charge >= 0.3 is 0 Å². The van der Waals surface area contributed by atoms with Gasteiger partial charge in [0, 0.05) is 6.42 Å². The van der Waals surface area contributed by atoms with Crippen LogP contribution in [-0.2, 0) is 11.2 Å². The van der Waals surface area contributed by atoms with Gasteiger partial charge in [0.15, 0.2) is 11.5 Å². The predicted molar refractivity (Wildman–Crippen MR) is 51.7 cm³/mol. The Morgan fingerprint density at radius 3 is 2.64 bits per heavy atom. The van der Waals surface area contributed by atoms with Crippen LogP contribution in [0.2, 0.25) is 0 Å². The summed E-state index contributed by atoms with van der Waals surface area (Å²) in [4.78, 5) is 11.0. The summed E-state index contributed by atoms with van der Waals surface area (Å²) in [6, 6.07) is 3.81. The standard InChI is InChI=1S/C11H12O3/c1-7-3-10-11(14-6-13-10)5-9(7)4-8(2)12/h3,5H,4,6H2,1-2H3. The summed E-state index contributed by atoms with van der Waals surface area (Å²) in [5.41, 5.74) is 2.09. The Balaban J connectivity index is 2.37. The Morgan fingerprint density at radius 1 is 1.36 bits per heavy atom. The van der Waals surface area contributed by atoms with E-state index in [1.165, 1.54) is 0 Å². The lowest BCUT2D eigenvalue weighted by Crippen LogP contribution is -1.98. The number of fused-ring (bicyclic) bond motifs is 1. The average molecular weight is 192 g/mol. The van der Waals surface area contributed by atoms with Crippen LogP contribution in [0.1, 0.15) is 18.1 Å². The zero-order chi connectivity index (χ0) is 10.1. The maximum atomic E-state index is 11.0. The molecule has 0 saturated heterocycles. The van der Waals surface area contributed by atoms with E-state index in [2.05, 4.69) is 0 Å². The van der Waals surface area contributed by atoms with Crippen LogP contribution in [-0.4, -0.2) is 12.6 Å². The molecule has 1 heterocycles. The molecule has 0 unspecified atom stereocenters. The van der Waals surface area contributed by atoms with E-state index in [9.17, 15) is 4.79 Å². The molecule has 0 aliphatic carbocycles. The smallest absolute Gasteiger partial charge is 0.231 e. The highest BCUT2D eigenvalue weighted by Gasteiger charge is 2.15. The van der Waals surface area contributed by atoms with Crippen LogP contribution in [0.25, 0.3) is 0 Å². The van der Waals surface area contributed by atoms with Gasteiger partial charge in [-0.05, 0) is 37.1 Å². The third-order valence-corrected chi connectivity index (χ3v) is 2.27. The van der Waals surface area contributed by atoms with Gasteiger partial charge in [-0.3, -0.25) is 4.79 Å². The fourth-order valence-electron chi connectivity index (χ4n) is 1.54. The van der Waals surface area contributed by atoms with E-state index in [4.69, 9.17) is 9.47 Å². The summed E-state index contributed by atoms with van der Waals surface area (Å²) in [5.74, 6) is 1.67. The van der Waals surface area contributed by atoms with E-state index in [-0.39, 0.29) is 12.6 Å². The van der Waals surface area contributed by atoms with Gasteiger partial charge in [-0.1, -0.05) is 0 Å². The van der Waals surface area contributed by atoms with Crippen molar-refractivity contribution < 1.29 is 14.3 Å². The average Bonchev–Trinajstić information content (AvgIpc) is 2.51. The number of aryl methyl sites for hydroxylation is 1. The summed E-state index contributed by atoms with van der Waals surface area (Å²) < 4.78 is 10.5. The van der Waals surface area contributed by atoms with Gasteiger partial charge < -0.3 is 9.47 Å². The molecule has 0 aromatic heterocycles. The Kier molecular flexibility index (Phi) is 2.15. The van der Waals surface area contributed by atoms with Crippen LogP contribution in [0, 0.1) is 6.92 Å². The quantitative estimate of drug-likeness (QED) is 0.717. The van der Waals surface area contributed by atoms with Gasteiger partial charge in [-0.25, -0.2) is 0 Å². The first kappa shape index (κ1) is 9.06. The minimum Gasteiger partial charge on any atom is -0.454 e. The first-order chi connectivity index (χ1) is 6.66. The molecule has 1 aromatic rings. The third kappa shape index (κ3) is 1.58. The summed E-state index contributed by atoms with van der Waals surface area (Å²) in [6.07, 6.45) is 0.461. The van der Waals surface area contributed by atoms with Gasteiger partial charge in [0.25, 0.3) is 0 Å². The Morgan fingerprint density at radius 2 is 2.00 bits per heavy atom. The van der Waals surface area contributed by atoms with Crippen molar-refractivity contribution in [3.63, 3.8) is 0 Å². The largest absolute Gasteiger partial charge is 0.454 e. The number of ketones is 1. The molecule has 3 nitrogen and oxygen atoms in total. The predicted octanol–water partition coefficient (Wildman–Crippen LogP) is 1.86. The first-order valence-electron chi connectivity index (χ1n) is 4.55. The minimum atomic E-state index is 0.159. The van der Waals surface area contributed by atoms with Gasteiger partial charge in [-0.2, -0.15) is 0 Å². The topological polar surface area (TPSA) is 35.5 Å². The highest BCUT2D eigenvalue weighted by Crippen LogP contribution is 2.34. The second-order valence-corrected chi connectivity index (χ2v) is 3.51. The second kappa shape index (κ2) is 3.33. The number of ether oxygens (including phenoxy) is 2. The van der Waals surface area contributed by atoms with Crippen LogP contribution < -0.4 is 9.47 Å². The lowest BCUT2D eigenvalue weighted by molar-refractivity contribution is -0.116. The molecule has 0 bridgehead atoms. The van der Waals surface area contributed by atoms with Crippen molar-refractivity contribution >= 4 is 5.78 Å². The number of carbonyl (C=O) groups is 1. The maximum absolute atomic E-state index is 11.0. The van der Waals surface area contributed by atoms with Gasteiger partial charge in [-0.15, -0.1) is 0 Å².